The number of pyridine rings is 1. The van der Waals surface area contributed by atoms with Crippen LogP contribution in [0.4, 0.5) is 5.69 Å². The number of piperidine rings is 1. The summed E-state index contributed by atoms with van der Waals surface area (Å²) in [7, 11) is 0. The third-order valence-corrected chi connectivity index (χ3v) is 9.15. The lowest BCUT2D eigenvalue weighted by molar-refractivity contribution is -0.155. The minimum absolute atomic E-state index is 0.0386. The number of likely N-dealkylation sites (tertiary alicyclic amines) is 1. The number of aromatic amines is 1. The summed E-state index contributed by atoms with van der Waals surface area (Å²) in [5.74, 6) is -1.39. The maximum Gasteiger partial charge on any atom is 0.345 e. The molecule has 1 fully saturated rings. The summed E-state index contributed by atoms with van der Waals surface area (Å²) in [6, 6.07) is 28.3. The molecule has 1 aromatic heterocycles. The smallest absolute Gasteiger partial charge is 0.345 e. The first-order chi connectivity index (χ1) is 24.6. The molecule has 5 aromatic rings. The number of H-pyrrole nitrogens is 1. The molecule has 1 aliphatic heterocycles. The molecular weight excluding hydrogens is 652 g/mol. The van der Waals surface area contributed by atoms with Crippen LogP contribution in [0.1, 0.15) is 41.2 Å². The quantitative estimate of drug-likeness (QED) is 0.0957. The number of carboxylic acids is 1. The molecule has 0 unspecified atom stereocenters. The molecule has 264 valence electrons. The Morgan fingerprint density at radius 2 is 1.73 bits per heavy atom. The fourth-order valence-electron chi connectivity index (χ4n) is 6.43. The number of nitrogens with zero attached hydrogens (tertiary/aromatic N) is 1. The van der Waals surface area contributed by atoms with E-state index in [-0.39, 0.29) is 53.3 Å². The molecule has 1 amide bonds. The second kappa shape index (κ2) is 15.5. The van der Waals surface area contributed by atoms with Gasteiger partial charge in [0, 0.05) is 54.9 Å². The highest BCUT2D eigenvalue weighted by Gasteiger charge is 2.40. The molecule has 51 heavy (non-hydrogen) atoms. The molecule has 0 saturated carbocycles. The van der Waals surface area contributed by atoms with E-state index < -0.39 is 17.7 Å². The summed E-state index contributed by atoms with van der Waals surface area (Å²) < 4.78 is 5.78. The zero-order chi connectivity index (χ0) is 36.0. The Labute approximate surface area is 294 Å². The maximum absolute atomic E-state index is 13.1. The Morgan fingerprint density at radius 1 is 0.961 bits per heavy atom. The van der Waals surface area contributed by atoms with Gasteiger partial charge in [-0.1, -0.05) is 60.7 Å². The second-order valence-electron chi connectivity index (χ2n) is 12.7. The van der Waals surface area contributed by atoms with Gasteiger partial charge in [0.25, 0.3) is 5.91 Å². The predicted octanol–water partition coefficient (Wildman–Crippen LogP) is 3.86. The second-order valence-corrected chi connectivity index (χ2v) is 12.7. The van der Waals surface area contributed by atoms with E-state index >= 15 is 0 Å². The number of hydrogen-bond donors (Lipinski definition) is 7. The van der Waals surface area contributed by atoms with Crippen LogP contribution >= 0.6 is 0 Å². The number of nitrogens with one attached hydrogen (secondary N) is 3. The fourth-order valence-corrected chi connectivity index (χ4v) is 6.43. The predicted molar refractivity (Wildman–Crippen MR) is 192 cm³/mol. The lowest BCUT2D eigenvalue weighted by Gasteiger charge is -2.33. The van der Waals surface area contributed by atoms with E-state index in [2.05, 4.69) is 15.6 Å². The molecule has 12 nitrogen and oxygen atoms in total. The minimum Gasteiger partial charge on any atom is -0.506 e. The number of aromatic hydroxyl groups is 1. The SMILES string of the molecule is O=C(COc1cccc([C@](O)(C(=O)O)c2ccccc2)c1)N1CCC[C@H](Nc2ccc(CNC[C@H](O)c3ccc(O)c4[nH]c(=O)ccc34)cc2)C1. The van der Waals surface area contributed by atoms with Crippen molar-refractivity contribution in [2.45, 2.75) is 37.1 Å². The first-order valence-electron chi connectivity index (χ1n) is 16.7. The normalized spacial score (nSPS) is 16.3. The lowest BCUT2D eigenvalue weighted by atomic mass is 9.86. The first kappa shape index (κ1) is 35.1. The van der Waals surface area contributed by atoms with Gasteiger partial charge in [0.15, 0.2) is 6.61 Å². The van der Waals surface area contributed by atoms with Crippen molar-refractivity contribution in [3.05, 3.63) is 136 Å². The van der Waals surface area contributed by atoms with Gasteiger partial charge in [0.1, 0.15) is 11.5 Å². The number of phenols is 1. The zero-order valence-corrected chi connectivity index (χ0v) is 27.8. The van der Waals surface area contributed by atoms with Gasteiger partial charge in [-0.15, -0.1) is 0 Å². The molecule has 0 aliphatic carbocycles. The number of benzene rings is 4. The summed E-state index contributed by atoms with van der Waals surface area (Å²) in [6.07, 6.45) is 0.850. The van der Waals surface area contributed by atoms with Crippen LogP contribution in [0.2, 0.25) is 0 Å². The van der Waals surface area contributed by atoms with Crippen LogP contribution < -0.4 is 20.9 Å². The Kier molecular flexibility index (Phi) is 10.7. The molecule has 0 spiro atoms. The maximum atomic E-state index is 13.1. The number of anilines is 1. The molecule has 0 radical (unpaired) electrons. The van der Waals surface area contributed by atoms with Crippen molar-refractivity contribution in [1.29, 1.82) is 0 Å². The molecule has 12 heteroatoms. The summed E-state index contributed by atoms with van der Waals surface area (Å²) >= 11 is 0. The van der Waals surface area contributed by atoms with E-state index in [0.717, 1.165) is 24.1 Å². The molecule has 1 saturated heterocycles. The average Bonchev–Trinajstić information content (AvgIpc) is 3.15. The largest absolute Gasteiger partial charge is 0.506 e. The third-order valence-electron chi connectivity index (χ3n) is 9.15. The van der Waals surface area contributed by atoms with E-state index in [0.29, 0.717) is 36.1 Å². The van der Waals surface area contributed by atoms with Gasteiger partial charge in [-0.3, -0.25) is 9.59 Å². The van der Waals surface area contributed by atoms with Gasteiger partial charge in [0.2, 0.25) is 11.2 Å². The number of fused-ring (bicyclic) bond motifs is 1. The number of rotatable bonds is 13. The van der Waals surface area contributed by atoms with Crippen LogP contribution in [0.15, 0.2) is 108 Å². The van der Waals surface area contributed by atoms with Crippen molar-refractivity contribution >= 4 is 28.5 Å². The number of carboxylic acid groups (broad SMARTS) is 1. The van der Waals surface area contributed by atoms with Crippen molar-refractivity contribution in [3.8, 4) is 11.5 Å². The van der Waals surface area contributed by atoms with Crippen LogP contribution in [-0.4, -0.2) is 74.5 Å². The Bertz CT molecular complexity index is 2050. The number of aromatic nitrogens is 1. The van der Waals surface area contributed by atoms with Gasteiger partial charge >= 0.3 is 5.97 Å². The molecule has 3 atom stereocenters. The molecule has 6 rings (SSSR count). The van der Waals surface area contributed by atoms with Crippen LogP contribution in [-0.2, 0) is 21.7 Å². The molecule has 1 aliphatic rings. The van der Waals surface area contributed by atoms with E-state index in [9.17, 15) is 34.8 Å². The van der Waals surface area contributed by atoms with E-state index in [1.807, 2.05) is 24.3 Å². The first-order valence-corrected chi connectivity index (χ1v) is 16.7. The van der Waals surface area contributed by atoms with Crippen LogP contribution in [0.3, 0.4) is 0 Å². The highest BCUT2D eigenvalue weighted by Crippen LogP contribution is 2.32. The highest BCUT2D eigenvalue weighted by atomic mass is 16.5. The fraction of sp³-hybridized carbons (Fsp3) is 0.256. The van der Waals surface area contributed by atoms with Crippen LogP contribution in [0.25, 0.3) is 10.9 Å². The molecule has 0 bridgehead atoms. The standard InChI is InChI=1S/C39H40N4O8/c44-33-17-15-31(32-16-18-35(46)42-37(32)33)34(45)22-40-21-25-11-13-28(14-12-25)41-29-9-5-19-43(23-29)36(47)24-51-30-10-4-8-27(20-30)39(50,38(48)49)26-6-2-1-3-7-26/h1-4,6-8,10-18,20,29,34,40-41,44-45,50H,5,9,19,21-24H2,(H,42,46)(H,48,49)/t29-,34-,39-/m0/s1. The number of aliphatic hydroxyl groups is 2. The van der Waals surface area contributed by atoms with Crippen molar-refractivity contribution in [2.75, 3.05) is 31.6 Å². The number of ether oxygens (including phenoxy) is 1. The van der Waals surface area contributed by atoms with Gasteiger partial charge in [-0.25, -0.2) is 4.79 Å². The third kappa shape index (κ3) is 8.04. The van der Waals surface area contributed by atoms with Crippen molar-refractivity contribution < 1.29 is 34.8 Å². The van der Waals surface area contributed by atoms with Crippen molar-refractivity contribution in [2.24, 2.45) is 0 Å². The number of phenolic OH excluding ortho intramolecular Hbond substituents is 1. The summed E-state index contributed by atoms with van der Waals surface area (Å²) in [4.78, 5) is 41.3. The Balaban J connectivity index is 0.985. The van der Waals surface area contributed by atoms with Gasteiger partial charge in [-0.2, -0.15) is 0 Å². The van der Waals surface area contributed by atoms with Gasteiger partial charge in [0.05, 0.1) is 11.6 Å². The average molecular weight is 693 g/mol. The Hall–Kier alpha value is -5.69. The topological polar surface area (TPSA) is 184 Å². The van der Waals surface area contributed by atoms with Gasteiger partial charge in [-0.05, 0) is 65.9 Å². The van der Waals surface area contributed by atoms with Crippen LogP contribution in [0, 0.1) is 0 Å². The number of amides is 1. The summed E-state index contributed by atoms with van der Waals surface area (Å²) in [6.45, 7) is 1.64. The van der Waals surface area contributed by atoms with E-state index in [4.69, 9.17) is 4.74 Å². The highest BCUT2D eigenvalue weighted by molar-refractivity contribution is 5.87. The molecular formula is C39H40N4O8. The van der Waals surface area contributed by atoms with Crippen molar-refractivity contribution in [3.63, 3.8) is 0 Å². The lowest BCUT2D eigenvalue weighted by Crippen LogP contribution is -2.46. The van der Waals surface area contributed by atoms with Crippen molar-refractivity contribution in [1.82, 2.24) is 15.2 Å². The molecule has 2 heterocycles. The summed E-state index contributed by atoms with van der Waals surface area (Å²) in [5.41, 5.74) is 0.539. The van der Waals surface area contributed by atoms with Gasteiger partial charge < -0.3 is 45.7 Å². The molecule has 4 aromatic carbocycles. The number of aliphatic hydroxyl groups excluding tert-OH is 1. The monoisotopic (exact) mass is 692 g/mol. The minimum atomic E-state index is -2.28. The molecule has 7 N–H and O–H groups in total. The Morgan fingerprint density at radius 3 is 2.49 bits per heavy atom. The number of aliphatic carboxylic acids is 1. The number of carbonyl (C=O) groups excluding carboxylic acids is 1. The number of hydrogen-bond acceptors (Lipinski definition) is 9. The zero-order valence-electron chi connectivity index (χ0n) is 27.8. The van der Waals surface area contributed by atoms with E-state index in [1.54, 1.807) is 59.5 Å². The van der Waals surface area contributed by atoms with Crippen LogP contribution in [0.5, 0.6) is 11.5 Å². The summed E-state index contributed by atoms with van der Waals surface area (Å²) in [5, 5.41) is 49.4. The number of carbonyl (C=O) groups is 2. The van der Waals surface area contributed by atoms with E-state index in [1.165, 1.54) is 24.3 Å².